The van der Waals surface area contributed by atoms with Crippen molar-refractivity contribution >= 4 is 5.91 Å². The number of rotatable bonds is 8. The molecular formula is C35H41FN6O2. The summed E-state index contributed by atoms with van der Waals surface area (Å²) in [6.45, 7) is 7.40. The Morgan fingerprint density at radius 2 is 1.80 bits per heavy atom. The molecule has 1 N–H and O–H groups in total. The van der Waals surface area contributed by atoms with E-state index in [1.165, 1.54) is 18.1 Å². The quantitative estimate of drug-likeness (QED) is 0.260. The second-order valence-corrected chi connectivity index (χ2v) is 12.2. The number of hydrogen-bond donors (Lipinski definition) is 1. The molecule has 9 heteroatoms. The third-order valence-corrected chi connectivity index (χ3v) is 8.80. The highest BCUT2D eigenvalue weighted by Gasteiger charge is 2.26. The van der Waals surface area contributed by atoms with Gasteiger partial charge in [0.05, 0.1) is 18.2 Å². The summed E-state index contributed by atoms with van der Waals surface area (Å²) in [5.41, 5.74) is 4.45. The van der Waals surface area contributed by atoms with Crippen LogP contribution in [-0.2, 0) is 6.54 Å². The normalized spacial score (nSPS) is 19.8. The van der Waals surface area contributed by atoms with Gasteiger partial charge in [-0.1, -0.05) is 36.4 Å². The van der Waals surface area contributed by atoms with Crippen LogP contribution in [0.25, 0.3) is 11.1 Å². The molecule has 2 aromatic heterocycles. The van der Waals surface area contributed by atoms with Crippen molar-refractivity contribution in [2.45, 2.75) is 57.7 Å². The average Bonchev–Trinajstić information content (AvgIpc) is 3.37. The van der Waals surface area contributed by atoms with E-state index in [4.69, 9.17) is 4.74 Å². The third-order valence-electron chi connectivity index (χ3n) is 8.80. The van der Waals surface area contributed by atoms with Gasteiger partial charge in [-0.3, -0.25) is 9.69 Å². The van der Waals surface area contributed by atoms with E-state index in [2.05, 4.69) is 67.2 Å². The highest BCUT2D eigenvalue weighted by molar-refractivity contribution is 5.96. The largest absolute Gasteiger partial charge is 0.438 e. The molecule has 44 heavy (non-hydrogen) atoms. The van der Waals surface area contributed by atoms with E-state index in [0.717, 1.165) is 81.4 Å². The first-order valence-electron chi connectivity index (χ1n) is 15.6. The zero-order valence-corrected chi connectivity index (χ0v) is 25.6. The molecule has 230 valence electrons. The lowest BCUT2D eigenvalue weighted by atomic mass is 9.91. The van der Waals surface area contributed by atoms with Crippen LogP contribution in [0.1, 0.15) is 59.8 Å². The lowest BCUT2D eigenvalue weighted by Crippen LogP contribution is -2.38. The van der Waals surface area contributed by atoms with Gasteiger partial charge in [0.25, 0.3) is 5.91 Å². The fraction of sp³-hybridized carbons (Fsp3) is 0.400. The Balaban J connectivity index is 1.09. The number of nitrogens with one attached hydrogen (secondary N) is 1. The van der Waals surface area contributed by atoms with Gasteiger partial charge in [-0.15, -0.1) is 0 Å². The van der Waals surface area contributed by atoms with Crippen molar-refractivity contribution < 1.29 is 13.9 Å². The summed E-state index contributed by atoms with van der Waals surface area (Å²) in [7, 11) is 2.19. The number of pyridine rings is 1. The molecule has 0 atom stereocenters. The molecule has 1 aliphatic carbocycles. The molecule has 0 radical (unpaired) electrons. The number of hydrogen-bond acceptors (Lipinski definition) is 6. The number of carbonyl (C=O) groups excluding carboxylic acids is 1. The first-order valence-corrected chi connectivity index (χ1v) is 15.6. The standard InChI is InChI=1S/C35H41FN6O2/c1-25-22-42(24-38-25)31-13-11-30(12-14-31)39-34(43)33-20-29(36)21-37-35(33)44-32-6-3-5-28(19-32)27-9-7-26(8-10-27)23-41-16-4-15-40(2)17-18-41/h3,5-10,19-22,24,30-31H,4,11-18,23H2,1-2H3,(H,39,43). The van der Waals surface area contributed by atoms with Crippen molar-refractivity contribution in [1.82, 2.24) is 29.7 Å². The van der Waals surface area contributed by atoms with Crippen molar-refractivity contribution in [3.63, 3.8) is 0 Å². The molecule has 1 saturated carbocycles. The topological polar surface area (TPSA) is 75.5 Å². The van der Waals surface area contributed by atoms with Crippen LogP contribution in [0.3, 0.4) is 0 Å². The number of amides is 1. The number of benzene rings is 2. The number of nitrogens with zero attached hydrogens (tertiary/aromatic N) is 5. The third kappa shape index (κ3) is 7.52. The number of aryl methyl sites for hydroxylation is 1. The van der Waals surface area contributed by atoms with Crippen LogP contribution in [0, 0.1) is 12.7 Å². The maximum absolute atomic E-state index is 14.3. The molecule has 0 spiro atoms. The predicted molar refractivity (Wildman–Crippen MR) is 169 cm³/mol. The zero-order valence-electron chi connectivity index (χ0n) is 25.6. The fourth-order valence-electron chi connectivity index (χ4n) is 6.26. The number of likely N-dealkylation sites (N-methyl/N-ethyl adjacent to an activating group) is 1. The maximum atomic E-state index is 14.3. The summed E-state index contributed by atoms with van der Waals surface area (Å²) >= 11 is 0. The van der Waals surface area contributed by atoms with E-state index >= 15 is 0 Å². The molecule has 2 aromatic carbocycles. The molecule has 3 heterocycles. The first kappa shape index (κ1) is 30.0. The Kier molecular flexibility index (Phi) is 9.33. The molecule has 1 aliphatic heterocycles. The Morgan fingerprint density at radius 3 is 2.57 bits per heavy atom. The van der Waals surface area contributed by atoms with Crippen molar-refractivity contribution in [2.75, 3.05) is 33.2 Å². The first-order chi connectivity index (χ1) is 21.4. The Bertz CT molecular complexity index is 1560. The monoisotopic (exact) mass is 596 g/mol. The van der Waals surface area contributed by atoms with Gasteiger partial charge in [0.15, 0.2) is 0 Å². The van der Waals surface area contributed by atoms with Gasteiger partial charge in [-0.05, 0) is 94.1 Å². The number of carbonyl (C=O) groups is 1. The van der Waals surface area contributed by atoms with Crippen LogP contribution >= 0.6 is 0 Å². The summed E-state index contributed by atoms with van der Waals surface area (Å²) in [6.07, 6.45) is 9.76. The number of ether oxygens (including phenoxy) is 1. The van der Waals surface area contributed by atoms with Gasteiger partial charge in [0.2, 0.25) is 5.88 Å². The predicted octanol–water partition coefficient (Wildman–Crippen LogP) is 6.24. The minimum atomic E-state index is -0.581. The van der Waals surface area contributed by atoms with Crippen molar-refractivity contribution in [2.24, 2.45) is 0 Å². The highest BCUT2D eigenvalue weighted by atomic mass is 19.1. The zero-order chi connectivity index (χ0) is 30.5. The van der Waals surface area contributed by atoms with Crippen molar-refractivity contribution in [1.29, 1.82) is 0 Å². The summed E-state index contributed by atoms with van der Waals surface area (Å²) in [4.78, 5) is 26.7. The summed E-state index contributed by atoms with van der Waals surface area (Å²) in [5, 5.41) is 3.09. The maximum Gasteiger partial charge on any atom is 0.257 e. The molecule has 2 fully saturated rings. The van der Waals surface area contributed by atoms with Gasteiger partial charge < -0.3 is 19.5 Å². The summed E-state index contributed by atoms with van der Waals surface area (Å²) < 4.78 is 22.5. The molecule has 6 rings (SSSR count). The molecule has 8 nitrogen and oxygen atoms in total. The molecule has 2 aliphatic rings. The van der Waals surface area contributed by atoms with Crippen LogP contribution in [0.5, 0.6) is 11.6 Å². The number of imidazole rings is 1. The van der Waals surface area contributed by atoms with E-state index < -0.39 is 5.82 Å². The molecule has 1 saturated heterocycles. The van der Waals surface area contributed by atoms with Crippen LogP contribution in [0.15, 0.2) is 73.3 Å². The SMILES string of the molecule is Cc1cn(C2CCC(NC(=O)c3cc(F)cnc3Oc3cccc(-c4ccc(CN5CCCN(C)CC5)cc4)c3)CC2)cn1. The van der Waals surface area contributed by atoms with Crippen LogP contribution < -0.4 is 10.1 Å². The van der Waals surface area contributed by atoms with Gasteiger partial charge in [0, 0.05) is 37.9 Å². The minimum absolute atomic E-state index is 0.00600. The van der Waals surface area contributed by atoms with Crippen molar-refractivity contribution in [3.05, 3.63) is 96.0 Å². The van der Waals surface area contributed by atoms with E-state index in [-0.39, 0.29) is 23.4 Å². The lowest BCUT2D eigenvalue weighted by Gasteiger charge is -2.30. The Labute approximate surface area is 258 Å². The van der Waals surface area contributed by atoms with E-state index in [1.807, 2.05) is 37.5 Å². The molecular weight excluding hydrogens is 555 g/mol. The Morgan fingerprint density at radius 1 is 0.977 bits per heavy atom. The van der Waals surface area contributed by atoms with Crippen LogP contribution in [-0.4, -0.2) is 69.5 Å². The second-order valence-electron chi connectivity index (χ2n) is 12.2. The fourth-order valence-corrected chi connectivity index (χ4v) is 6.26. The van der Waals surface area contributed by atoms with E-state index in [9.17, 15) is 9.18 Å². The van der Waals surface area contributed by atoms with Crippen LogP contribution in [0.4, 0.5) is 4.39 Å². The van der Waals surface area contributed by atoms with E-state index in [0.29, 0.717) is 11.8 Å². The smallest absolute Gasteiger partial charge is 0.257 e. The Hall–Kier alpha value is -4.08. The van der Waals surface area contributed by atoms with E-state index in [1.54, 1.807) is 0 Å². The molecule has 0 unspecified atom stereocenters. The number of aromatic nitrogens is 3. The van der Waals surface area contributed by atoms with Gasteiger partial charge in [0.1, 0.15) is 17.1 Å². The van der Waals surface area contributed by atoms with Gasteiger partial charge in [-0.25, -0.2) is 14.4 Å². The lowest BCUT2D eigenvalue weighted by molar-refractivity contribution is 0.0919. The van der Waals surface area contributed by atoms with Crippen LogP contribution in [0.2, 0.25) is 0 Å². The van der Waals surface area contributed by atoms with Gasteiger partial charge in [-0.2, -0.15) is 0 Å². The molecule has 1 amide bonds. The summed E-state index contributed by atoms with van der Waals surface area (Å²) in [5.74, 6) is -0.342. The summed E-state index contributed by atoms with van der Waals surface area (Å²) in [6, 6.07) is 17.9. The average molecular weight is 597 g/mol. The highest BCUT2D eigenvalue weighted by Crippen LogP contribution is 2.31. The van der Waals surface area contributed by atoms with Crippen molar-refractivity contribution in [3.8, 4) is 22.8 Å². The number of halogens is 1. The molecule has 4 aromatic rings. The second kappa shape index (κ2) is 13.7. The minimum Gasteiger partial charge on any atom is -0.438 e. The van der Waals surface area contributed by atoms with Gasteiger partial charge >= 0.3 is 0 Å². The molecule has 0 bridgehead atoms.